The summed E-state index contributed by atoms with van der Waals surface area (Å²) < 4.78 is 5.16. The van der Waals surface area contributed by atoms with Crippen molar-refractivity contribution < 1.29 is 23.9 Å². The molecule has 2 aliphatic rings. The van der Waals surface area contributed by atoms with Crippen molar-refractivity contribution >= 4 is 40.4 Å². The van der Waals surface area contributed by atoms with Crippen LogP contribution in [-0.4, -0.2) is 60.4 Å². The zero-order valence-electron chi connectivity index (χ0n) is 14.3. The van der Waals surface area contributed by atoms with Crippen LogP contribution >= 0.6 is 11.8 Å². The van der Waals surface area contributed by atoms with E-state index in [4.69, 9.17) is 4.74 Å². The predicted octanol–water partition coefficient (Wildman–Crippen LogP) is 0.860. The molecule has 0 radical (unpaired) electrons. The molecule has 4 amide bonds. The van der Waals surface area contributed by atoms with E-state index >= 15 is 0 Å². The highest BCUT2D eigenvalue weighted by Gasteiger charge is 2.35. The number of ether oxygens (including phenoxy) is 1. The summed E-state index contributed by atoms with van der Waals surface area (Å²) in [6.45, 7) is 0.618. The molecule has 0 bridgehead atoms. The van der Waals surface area contributed by atoms with Crippen LogP contribution in [-0.2, 0) is 14.4 Å². The Kier molecular flexibility index (Phi) is 5.46. The Morgan fingerprint density at radius 1 is 1.31 bits per heavy atom. The van der Waals surface area contributed by atoms with Crippen LogP contribution in [0.4, 0.5) is 10.5 Å². The first-order valence-electron chi connectivity index (χ1n) is 8.19. The Labute approximate surface area is 154 Å². The smallest absolute Gasteiger partial charge is 0.288 e. The summed E-state index contributed by atoms with van der Waals surface area (Å²) in [5, 5.41) is 2.42. The molecule has 0 spiro atoms. The largest absolute Gasteiger partial charge is 0.497 e. The van der Waals surface area contributed by atoms with Crippen LogP contribution in [0.2, 0.25) is 0 Å². The van der Waals surface area contributed by atoms with E-state index in [1.807, 2.05) is 0 Å². The minimum atomic E-state index is -0.465. The van der Waals surface area contributed by atoms with Crippen LogP contribution in [0.1, 0.15) is 6.42 Å². The van der Waals surface area contributed by atoms with E-state index in [0.717, 1.165) is 16.7 Å². The van der Waals surface area contributed by atoms with Crippen molar-refractivity contribution in [3.05, 3.63) is 24.3 Å². The Morgan fingerprint density at radius 2 is 2.12 bits per heavy atom. The number of nitrogens with one attached hydrogen (secondary N) is 1. The third kappa shape index (κ3) is 3.82. The van der Waals surface area contributed by atoms with Crippen molar-refractivity contribution in [3.63, 3.8) is 0 Å². The average Bonchev–Trinajstić information content (AvgIpc) is 3.18. The molecule has 0 aromatic heterocycles. The lowest BCUT2D eigenvalue weighted by atomic mass is 10.1. The van der Waals surface area contributed by atoms with E-state index in [-0.39, 0.29) is 54.8 Å². The second-order valence-corrected chi connectivity index (χ2v) is 6.92. The minimum Gasteiger partial charge on any atom is -0.497 e. The summed E-state index contributed by atoms with van der Waals surface area (Å²) in [6.07, 6.45) is 0.125. The fourth-order valence-corrected chi connectivity index (χ4v) is 3.70. The zero-order chi connectivity index (χ0) is 18.7. The van der Waals surface area contributed by atoms with Crippen LogP contribution in [0.25, 0.3) is 0 Å². The van der Waals surface area contributed by atoms with E-state index in [1.54, 1.807) is 36.3 Å². The highest BCUT2D eigenvalue weighted by Crippen LogP contribution is 2.28. The maximum atomic E-state index is 12.3. The third-order valence-electron chi connectivity index (χ3n) is 4.34. The van der Waals surface area contributed by atoms with E-state index in [1.165, 1.54) is 0 Å². The minimum absolute atomic E-state index is 0.125. The maximum Gasteiger partial charge on any atom is 0.288 e. The van der Waals surface area contributed by atoms with Gasteiger partial charge in [-0.25, -0.2) is 0 Å². The quantitative estimate of drug-likeness (QED) is 0.790. The summed E-state index contributed by atoms with van der Waals surface area (Å²) >= 11 is 0.962. The van der Waals surface area contributed by atoms with Gasteiger partial charge in [0.1, 0.15) is 5.75 Å². The van der Waals surface area contributed by atoms with Crippen LogP contribution in [0.3, 0.4) is 0 Å². The maximum absolute atomic E-state index is 12.3. The fraction of sp³-hybridized carbons (Fsp3) is 0.412. The number of benzene rings is 1. The lowest BCUT2D eigenvalue weighted by molar-refractivity contribution is -0.127. The lowest BCUT2D eigenvalue weighted by Gasteiger charge is -2.18. The number of methoxy groups -OCH3 is 1. The number of rotatable bonds is 6. The molecule has 2 saturated heterocycles. The van der Waals surface area contributed by atoms with Gasteiger partial charge in [-0.05, 0) is 12.1 Å². The molecule has 138 valence electrons. The Bertz CT molecular complexity index is 738. The van der Waals surface area contributed by atoms with Crippen molar-refractivity contribution in [1.29, 1.82) is 0 Å². The first-order valence-corrected chi connectivity index (χ1v) is 9.17. The molecule has 9 heteroatoms. The van der Waals surface area contributed by atoms with E-state index < -0.39 is 5.92 Å². The molecule has 1 N–H and O–H groups in total. The molecular formula is C17H19N3O5S. The first-order chi connectivity index (χ1) is 12.5. The number of imide groups is 1. The zero-order valence-corrected chi connectivity index (χ0v) is 15.1. The van der Waals surface area contributed by atoms with Gasteiger partial charge in [0, 0.05) is 37.8 Å². The van der Waals surface area contributed by atoms with Gasteiger partial charge >= 0.3 is 0 Å². The molecule has 26 heavy (non-hydrogen) atoms. The van der Waals surface area contributed by atoms with Crippen molar-refractivity contribution in [2.75, 3.05) is 37.4 Å². The van der Waals surface area contributed by atoms with Crippen LogP contribution in [0, 0.1) is 5.92 Å². The third-order valence-corrected chi connectivity index (χ3v) is 5.19. The van der Waals surface area contributed by atoms with E-state index in [2.05, 4.69) is 5.32 Å². The predicted molar refractivity (Wildman–Crippen MR) is 96.0 cm³/mol. The van der Waals surface area contributed by atoms with Crippen molar-refractivity contribution in [3.8, 4) is 5.75 Å². The Morgan fingerprint density at radius 3 is 2.81 bits per heavy atom. The van der Waals surface area contributed by atoms with Gasteiger partial charge in [0.15, 0.2) is 0 Å². The summed E-state index contributed by atoms with van der Waals surface area (Å²) in [5.41, 5.74) is 0.690. The van der Waals surface area contributed by atoms with Gasteiger partial charge in [0.2, 0.25) is 17.7 Å². The van der Waals surface area contributed by atoms with Crippen molar-refractivity contribution in [2.45, 2.75) is 6.42 Å². The second kappa shape index (κ2) is 7.77. The summed E-state index contributed by atoms with van der Waals surface area (Å²) in [4.78, 5) is 50.3. The van der Waals surface area contributed by atoms with Gasteiger partial charge in [-0.2, -0.15) is 0 Å². The van der Waals surface area contributed by atoms with E-state index in [0.29, 0.717) is 11.4 Å². The molecule has 1 aromatic carbocycles. The molecule has 2 aliphatic heterocycles. The number of hydrogen-bond donors (Lipinski definition) is 1. The number of thioether (sulfide) groups is 1. The van der Waals surface area contributed by atoms with Crippen molar-refractivity contribution in [2.24, 2.45) is 5.92 Å². The Hall–Kier alpha value is -2.55. The van der Waals surface area contributed by atoms with Gasteiger partial charge < -0.3 is 15.0 Å². The van der Waals surface area contributed by atoms with Gasteiger partial charge in [-0.1, -0.05) is 17.8 Å². The highest BCUT2D eigenvalue weighted by atomic mass is 32.2. The average molecular weight is 377 g/mol. The number of nitrogens with zero attached hydrogens (tertiary/aromatic N) is 2. The molecule has 2 fully saturated rings. The van der Waals surface area contributed by atoms with Crippen molar-refractivity contribution in [1.82, 2.24) is 10.2 Å². The summed E-state index contributed by atoms with van der Waals surface area (Å²) in [7, 11) is 1.55. The number of hydrogen-bond acceptors (Lipinski definition) is 6. The van der Waals surface area contributed by atoms with Crippen LogP contribution in [0.5, 0.6) is 5.75 Å². The second-order valence-electron chi connectivity index (χ2n) is 6.00. The molecule has 1 aromatic rings. The topological polar surface area (TPSA) is 96.0 Å². The molecule has 1 atom stereocenters. The monoisotopic (exact) mass is 377 g/mol. The standard InChI is InChI=1S/C17H19N3O5S/c1-25-13-4-2-3-12(8-13)20-9-11(7-14(20)21)16(23)18-5-6-19-15(22)10-26-17(19)24/h2-4,8,11H,5-7,9-10H2,1H3,(H,18,23). The van der Waals surface area contributed by atoms with Crippen LogP contribution in [0.15, 0.2) is 24.3 Å². The molecule has 0 aliphatic carbocycles. The normalized spacial score (nSPS) is 20.0. The molecule has 0 saturated carbocycles. The first kappa shape index (κ1) is 18.2. The van der Waals surface area contributed by atoms with Gasteiger partial charge in [0.25, 0.3) is 5.24 Å². The van der Waals surface area contributed by atoms with E-state index in [9.17, 15) is 19.2 Å². The summed E-state index contributed by atoms with van der Waals surface area (Å²) in [6, 6.07) is 7.12. The van der Waals surface area contributed by atoms with Crippen LogP contribution < -0.4 is 15.0 Å². The highest BCUT2D eigenvalue weighted by molar-refractivity contribution is 8.14. The number of carbonyl (C=O) groups excluding carboxylic acids is 4. The molecular weight excluding hydrogens is 358 g/mol. The molecule has 8 nitrogen and oxygen atoms in total. The molecule has 3 rings (SSSR count). The molecule has 1 unspecified atom stereocenters. The number of carbonyl (C=O) groups is 4. The molecule has 2 heterocycles. The summed E-state index contributed by atoms with van der Waals surface area (Å²) in [5.74, 6) is -0.293. The lowest BCUT2D eigenvalue weighted by Crippen LogP contribution is -2.40. The van der Waals surface area contributed by atoms with Gasteiger partial charge in [-0.3, -0.25) is 24.1 Å². The fourth-order valence-electron chi connectivity index (χ4n) is 2.94. The van der Waals surface area contributed by atoms with Gasteiger partial charge in [-0.15, -0.1) is 0 Å². The Balaban J connectivity index is 1.53. The number of anilines is 1. The SMILES string of the molecule is COc1cccc(N2CC(C(=O)NCCN3C(=O)CSC3=O)CC2=O)c1. The van der Waals surface area contributed by atoms with Gasteiger partial charge in [0.05, 0.1) is 18.8 Å². The number of amides is 4.